The summed E-state index contributed by atoms with van der Waals surface area (Å²) in [4.78, 5) is 0. The number of nitrogens with zero attached hydrogens (tertiary/aromatic N) is 2. The van der Waals surface area contributed by atoms with Gasteiger partial charge >= 0.3 is 0 Å². The summed E-state index contributed by atoms with van der Waals surface area (Å²) < 4.78 is 18.9. The van der Waals surface area contributed by atoms with Crippen molar-refractivity contribution in [3.8, 4) is 5.75 Å². The highest BCUT2D eigenvalue weighted by molar-refractivity contribution is 5.43. The average Bonchev–Trinajstić information content (AvgIpc) is 2.44. The van der Waals surface area contributed by atoms with E-state index in [2.05, 4.69) is 15.5 Å². The minimum Gasteiger partial charge on any atom is -0.496 e. The lowest BCUT2D eigenvalue weighted by molar-refractivity contribution is 0.403. The molecule has 106 valence electrons. The van der Waals surface area contributed by atoms with Gasteiger partial charge in [-0.1, -0.05) is 0 Å². The number of hydrogen-bond acceptors (Lipinski definition) is 4. The van der Waals surface area contributed by atoms with E-state index in [4.69, 9.17) is 4.74 Å². The standard InChI is InChI=1S/C15H18FN3O/c1-9-7-12(10(2)19-18-9)15(17-3)13-8-11(16)5-6-14(13)20-4/h5-8,15,17H,1-4H3. The summed E-state index contributed by atoms with van der Waals surface area (Å²) >= 11 is 0. The third-order valence-corrected chi connectivity index (χ3v) is 3.24. The molecule has 0 spiro atoms. The number of hydrogen-bond donors (Lipinski definition) is 1. The fourth-order valence-electron chi connectivity index (χ4n) is 2.27. The van der Waals surface area contributed by atoms with Crippen molar-refractivity contribution in [1.29, 1.82) is 0 Å². The fraction of sp³-hybridized carbons (Fsp3) is 0.333. The van der Waals surface area contributed by atoms with Crippen LogP contribution in [0.5, 0.6) is 5.75 Å². The molecule has 5 heteroatoms. The maximum atomic E-state index is 13.6. The van der Waals surface area contributed by atoms with Crippen molar-refractivity contribution in [2.75, 3.05) is 14.2 Å². The molecule has 0 aliphatic heterocycles. The highest BCUT2D eigenvalue weighted by atomic mass is 19.1. The Labute approximate surface area is 118 Å². The molecule has 0 aliphatic carbocycles. The Morgan fingerprint density at radius 2 is 1.90 bits per heavy atom. The summed E-state index contributed by atoms with van der Waals surface area (Å²) in [6, 6.07) is 6.25. The Kier molecular flexibility index (Phi) is 4.29. The molecule has 0 bridgehead atoms. The Bertz CT molecular complexity index is 616. The predicted octanol–water partition coefficient (Wildman–Crippen LogP) is 2.55. The molecule has 20 heavy (non-hydrogen) atoms. The molecule has 0 aliphatic rings. The monoisotopic (exact) mass is 275 g/mol. The van der Waals surface area contributed by atoms with Crippen molar-refractivity contribution in [3.05, 3.63) is 52.6 Å². The maximum absolute atomic E-state index is 13.6. The SMILES string of the molecule is CNC(c1cc(F)ccc1OC)c1cc(C)nnc1C. The molecule has 2 rings (SSSR count). The van der Waals surface area contributed by atoms with Gasteiger partial charge in [0.1, 0.15) is 11.6 Å². The lowest BCUT2D eigenvalue weighted by Gasteiger charge is -2.21. The molecular weight excluding hydrogens is 257 g/mol. The number of ether oxygens (including phenoxy) is 1. The molecule has 1 aromatic carbocycles. The van der Waals surface area contributed by atoms with Crippen LogP contribution in [0.4, 0.5) is 4.39 Å². The molecule has 0 fully saturated rings. The van der Waals surface area contributed by atoms with E-state index in [1.807, 2.05) is 27.0 Å². The first-order valence-corrected chi connectivity index (χ1v) is 6.38. The molecule has 2 aromatic rings. The Balaban J connectivity index is 2.57. The highest BCUT2D eigenvalue weighted by Crippen LogP contribution is 2.31. The van der Waals surface area contributed by atoms with Crippen LogP contribution in [0, 0.1) is 19.7 Å². The Morgan fingerprint density at radius 3 is 2.55 bits per heavy atom. The summed E-state index contributed by atoms with van der Waals surface area (Å²) in [7, 11) is 3.40. The number of methoxy groups -OCH3 is 1. The van der Waals surface area contributed by atoms with E-state index in [1.165, 1.54) is 12.1 Å². The van der Waals surface area contributed by atoms with Gasteiger partial charge in [0.05, 0.1) is 24.5 Å². The molecule has 4 nitrogen and oxygen atoms in total. The van der Waals surface area contributed by atoms with Crippen LogP contribution in [0.15, 0.2) is 24.3 Å². The van der Waals surface area contributed by atoms with E-state index in [0.717, 1.165) is 22.5 Å². The van der Waals surface area contributed by atoms with Crippen LogP contribution in [0.3, 0.4) is 0 Å². The van der Waals surface area contributed by atoms with Crippen LogP contribution >= 0.6 is 0 Å². The summed E-state index contributed by atoms with van der Waals surface area (Å²) in [5.74, 6) is 0.344. The Hall–Kier alpha value is -2.01. The second-order valence-corrected chi connectivity index (χ2v) is 4.63. The first-order chi connectivity index (χ1) is 9.56. The zero-order chi connectivity index (χ0) is 14.7. The number of rotatable bonds is 4. The predicted molar refractivity (Wildman–Crippen MR) is 75.4 cm³/mol. The Morgan fingerprint density at radius 1 is 1.15 bits per heavy atom. The summed E-state index contributed by atoms with van der Waals surface area (Å²) in [6.45, 7) is 3.77. The van der Waals surface area contributed by atoms with Crippen LogP contribution < -0.4 is 10.1 Å². The summed E-state index contributed by atoms with van der Waals surface area (Å²) in [5, 5.41) is 11.3. The quantitative estimate of drug-likeness (QED) is 0.931. The zero-order valence-corrected chi connectivity index (χ0v) is 12.1. The van der Waals surface area contributed by atoms with Gasteiger partial charge in [0.2, 0.25) is 0 Å². The van der Waals surface area contributed by atoms with E-state index in [9.17, 15) is 4.39 Å². The smallest absolute Gasteiger partial charge is 0.124 e. The van der Waals surface area contributed by atoms with Gasteiger partial charge in [0.25, 0.3) is 0 Å². The zero-order valence-electron chi connectivity index (χ0n) is 12.1. The van der Waals surface area contributed by atoms with Gasteiger partial charge in [-0.05, 0) is 50.7 Å². The third kappa shape index (κ3) is 2.77. The van der Waals surface area contributed by atoms with Crippen LogP contribution in [0.1, 0.15) is 28.6 Å². The number of halogens is 1. The van der Waals surface area contributed by atoms with Gasteiger partial charge in [-0.3, -0.25) is 0 Å². The maximum Gasteiger partial charge on any atom is 0.124 e. The van der Waals surface area contributed by atoms with Crippen LogP contribution in [-0.4, -0.2) is 24.4 Å². The molecule has 1 aromatic heterocycles. The molecule has 0 radical (unpaired) electrons. The van der Waals surface area contributed by atoms with Crippen molar-refractivity contribution in [2.24, 2.45) is 0 Å². The molecule has 0 saturated carbocycles. The van der Waals surface area contributed by atoms with E-state index in [0.29, 0.717) is 5.75 Å². The van der Waals surface area contributed by atoms with Crippen molar-refractivity contribution in [2.45, 2.75) is 19.9 Å². The average molecular weight is 275 g/mol. The fourth-order valence-corrected chi connectivity index (χ4v) is 2.27. The summed E-state index contributed by atoms with van der Waals surface area (Å²) in [5.41, 5.74) is 3.33. The van der Waals surface area contributed by atoms with E-state index in [-0.39, 0.29) is 11.9 Å². The minimum atomic E-state index is -0.294. The van der Waals surface area contributed by atoms with Gasteiger partial charge in [-0.2, -0.15) is 10.2 Å². The number of nitrogens with one attached hydrogen (secondary N) is 1. The largest absolute Gasteiger partial charge is 0.496 e. The van der Waals surface area contributed by atoms with Crippen molar-refractivity contribution < 1.29 is 9.13 Å². The van der Waals surface area contributed by atoms with Gasteiger partial charge in [0.15, 0.2) is 0 Å². The van der Waals surface area contributed by atoms with E-state index < -0.39 is 0 Å². The van der Waals surface area contributed by atoms with Crippen molar-refractivity contribution >= 4 is 0 Å². The molecule has 1 heterocycles. The summed E-state index contributed by atoms with van der Waals surface area (Å²) in [6.07, 6.45) is 0. The van der Waals surface area contributed by atoms with Gasteiger partial charge in [-0.25, -0.2) is 4.39 Å². The lowest BCUT2D eigenvalue weighted by Crippen LogP contribution is -2.20. The number of aryl methyl sites for hydroxylation is 2. The third-order valence-electron chi connectivity index (χ3n) is 3.24. The molecule has 1 atom stereocenters. The molecule has 1 unspecified atom stereocenters. The molecule has 0 saturated heterocycles. The number of benzene rings is 1. The van der Waals surface area contributed by atoms with Gasteiger partial charge in [0, 0.05) is 5.56 Å². The van der Waals surface area contributed by atoms with E-state index >= 15 is 0 Å². The second kappa shape index (κ2) is 5.96. The normalized spacial score (nSPS) is 12.2. The highest BCUT2D eigenvalue weighted by Gasteiger charge is 2.20. The van der Waals surface area contributed by atoms with Gasteiger partial charge < -0.3 is 10.1 Å². The van der Waals surface area contributed by atoms with Gasteiger partial charge in [-0.15, -0.1) is 0 Å². The first-order valence-electron chi connectivity index (χ1n) is 6.38. The van der Waals surface area contributed by atoms with E-state index in [1.54, 1.807) is 13.2 Å². The molecule has 1 N–H and O–H groups in total. The number of aromatic nitrogens is 2. The topological polar surface area (TPSA) is 47.0 Å². The lowest BCUT2D eigenvalue weighted by atomic mass is 9.96. The minimum absolute atomic E-state index is 0.199. The molecular formula is C15H18FN3O. The van der Waals surface area contributed by atoms with Crippen LogP contribution in [0.2, 0.25) is 0 Å². The second-order valence-electron chi connectivity index (χ2n) is 4.63. The van der Waals surface area contributed by atoms with Crippen LogP contribution in [0.25, 0.3) is 0 Å². The van der Waals surface area contributed by atoms with Crippen molar-refractivity contribution in [3.63, 3.8) is 0 Å². The van der Waals surface area contributed by atoms with Crippen molar-refractivity contribution in [1.82, 2.24) is 15.5 Å². The first kappa shape index (κ1) is 14.4. The van der Waals surface area contributed by atoms with Crippen LogP contribution in [-0.2, 0) is 0 Å². The molecule has 0 amide bonds.